The number of aromatic nitrogens is 8. The molecule has 0 atom stereocenters. The van der Waals surface area contributed by atoms with Crippen LogP contribution in [-0.4, -0.2) is 84.8 Å². The van der Waals surface area contributed by atoms with Crippen LogP contribution < -0.4 is 19.6 Å². The van der Waals surface area contributed by atoms with Crippen LogP contribution in [0.15, 0.2) is 49.6 Å². The zero-order valence-electron chi connectivity index (χ0n) is 21.8. The van der Waals surface area contributed by atoms with E-state index in [1.807, 2.05) is 19.0 Å². The molecule has 0 aromatic carbocycles. The molecule has 4 aromatic rings. The second-order valence-corrected chi connectivity index (χ2v) is 9.36. The van der Waals surface area contributed by atoms with Crippen molar-refractivity contribution in [3.8, 4) is 0 Å². The number of amides is 2. The molecule has 15 heteroatoms. The van der Waals surface area contributed by atoms with Crippen LogP contribution in [0.4, 0.5) is 46.5 Å². The van der Waals surface area contributed by atoms with Crippen LogP contribution in [0.5, 0.6) is 0 Å². The third-order valence-corrected chi connectivity index (χ3v) is 7.25. The Morgan fingerprint density at radius 1 is 0.500 bits per heavy atom. The molecule has 15 nitrogen and oxygen atoms in total. The zero-order chi connectivity index (χ0) is 27.7. The molecule has 0 fully saturated rings. The summed E-state index contributed by atoms with van der Waals surface area (Å²) in [5.74, 6) is 3.12. The van der Waals surface area contributed by atoms with Gasteiger partial charge >= 0.3 is 0 Å². The van der Waals surface area contributed by atoms with Crippen LogP contribution in [0.3, 0.4) is 0 Å². The summed E-state index contributed by atoms with van der Waals surface area (Å²) in [5.41, 5.74) is 1.03. The number of carbonyl (C=O) groups excluding carboxylic acids is 2. The van der Waals surface area contributed by atoms with E-state index in [1.165, 1.54) is 42.4 Å². The van der Waals surface area contributed by atoms with Gasteiger partial charge in [0.1, 0.15) is 77.9 Å². The van der Waals surface area contributed by atoms with E-state index in [9.17, 15) is 9.59 Å². The first-order valence-corrected chi connectivity index (χ1v) is 12.2. The monoisotopic (exact) mass is 535 g/mol. The van der Waals surface area contributed by atoms with Gasteiger partial charge in [0.15, 0.2) is 0 Å². The van der Waals surface area contributed by atoms with Crippen molar-refractivity contribution >= 4 is 58.4 Å². The molecule has 2 amide bonds. The molecule has 40 heavy (non-hydrogen) atoms. The fourth-order valence-corrected chi connectivity index (χ4v) is 5.22. The van der Waals surface area contributed by atoms with E-state index < -0.39 is 17.9 Å². The number of rotatable bonds is 1. The molecule has 0 unspecified atom stereocenters. The third kappa shape index (κ3) is 3.23. The van der Waals surface area contributed by atoms with E-state index in [0.717, 1.165) is 0 Å². The molecule has 0 aliphatic carbocycles. The van der Waals surface area contributed by atoms with Crippen molar-refractivity contribution in [1.82, 2.24) is 44.8 Å². The van der Waals surface area contributed by atoms with Gasteiger partial charge in [-0.25, -0.2) is 39.9 Å². The van der Waals surface area contributed by atoms with Crippen molar-refractivity contribution in [1.29, 1.82) is 0 Å². The second kappa shape index (κ2) is 8.45. The molecular weight excluding hydrogens is 514 g/mol. The lowest BCUT2D eigenvalue weighted by atomic mass is 9.93. The maximum Gasteiger partial charge on any atom is 0.254 e. The fraction of sp³-hybridized carbons (Fsp3) is 0.200. The number of imide groups is 1. The van der Waals surface area contributed by atoms with Gasteiger partial charge < -0.3 is 19.6 Å². The predicted octanol–water partition coefficient (Wildman–Crippen LogP) is 1.56. The van der Waals surface area contributed by atoms with Crippen molar-refractivity contribution in [2.45, 2.75) is 6.04 Å². The molecule has 4 aromatic heterocycles. The Morgan fingerprint density at radius 2 is 0.850 bits per heavy atom. The predicted molar refractivity (Wildman–Crippen MR) is 143 cm³/mol. The molecular formula is C25H21N13O2. The summed E-state index contributed by atoms with van der Waals surface area (Å²) in [6.07, 6.45) is 8.27. The van der Waals surface area contributed by atoms with Crippen molar-refractivity contribution in [2.75, 3.05) is 47.8 Å². The molecule has 0 saturated heterocycles. The Labute approximate surface area is 227 Å². The zero-order valence-corrected chi connectivity index (χ0v) is 21.8. The number of fused-ring (bicyclic) bond motifs is 4. The number of hydrogen-bond acceptors (Lipinski definition) is 14. The first-order valence-electron chi connectivity index (χ1n) is 12.2. The molecule has 6 bridgehead atoms. The third-order valence-electron chi connectivity index (χ3n) is 7.25. The first kappa shape index (κ1) is 23.5. The largest absolute Gasteiger partial charge is 0.314 e. The molecule has 3 aliphatic heterocycles. The average Bonchev–Trinajstić information content (AvgIpc) is 3.32. The lowest BCUT2D eigenvalue weighted by Gasteiger charge is -2.39. The van der Waals surface area contributed by atoms with Crippen molar-refractivity contribution in [2.24, 2.45) is 0 Å². The Balaban J connectivity index is 1.60. The molecule has 198 valence electrons. The van der Waals surface area contributed by atoms with Crippen LogP contribution in [0.25, 0.3) is 0 Å². The van der Waals surface area contributed by atoms with E-state index in [2.05, 4.69) is 39.9 Å². The minimum absolute atomic E-state index is 0.441. The Kier molecular flexibility index (Phi) is 4.97. The lowest BCUT2D eigenvalue weighted by molar-refractivity contribution is -0.138. The van der Waals surface area contributed by atoms with Gasteiger partial charge in [0, 0.05) is 52.5 Å². The van der Waals surface area contributed by atoms with Gasteiger partial charge in [-0.1, -0.05) is 0 Å². The van der Waals surface area contributed by atoms with Gasteiger partial charge in [-0.3, -0.25) is 14.5 Å². The Bertz CT molecular complexity index is 1640. The van der Waals surface area contributed by atoms with E-state index in [-0.39, 0.29) is 0 Å². The summed E-state index contributed by atoms with van der Waals surface area (Å²) in [6, 6.07) is 2.63. The molecule has 7 rings (SSSR count). The number of anilines is 8. The van der Waals surface area contributed by atoms with Crippen molar-refractivity contribution in [3.63, 3.8) is 0 Å². The quantitative estimate of drug-likeness (QED) is 0.324. The summed E-state index contributed by atoms with van der Waals surface area (Å²) >= 11 is 0. The van der Waals surface area contributed by atoms with Crippen molar-refractivity contribution < 1.29 is 9.59 Å². The summed E-state index contributed by atoms with van der Waals surface area (Å²) in [6.45, 7) is 0. The van der Waals surface area contributed by atoms with Crippen molar-refractivity contribution in [3.05, 3.63) is 60.7 Å². The van der Waals surface area contributed by atoms with Gasteiger partial charge in [-0.05, 0) is 0 Å². The summed E-state index contributed by atoms with van der Waals surface area (Å²) in [5, 5.41) is 0. The van der Waals surface area contributed by atoms with Crippen LogP contribution in [0.2, 0.25) is 0 Å². The maximum atomic E-state index is 13.2. The number of carbonyl (C=O) groups is 2. The highest BCUT2D eigenvalue weighted by molar-refractivity contribution is 6.14. The van der Waals surface area contributed by atoms with Gasteiger partial charge in [-0.15, -0.1) is 0 Å². The average molecular weight is 536 g/mol. The highest BCUT2D eigenvalue weighted by Crippen LogP contribution is 2.51. The molecule has 7 heterocycles. The smallest absolute Gasteiger partial charge is 0.254 e. The number of hydrogen-bond donors (Lipinski definition) is 0. The van der Waals surface area contributed by atoms with Gasteiger partial charge in [0.2, 0.25) is 0 Å². The lowest BCUT2D eigenvalue weighted by Crippen LogP contribution is -2.41. The van der Waals surface area contributed by atoms with Crippen LogP contribution in [-0.2, 0) is 9.59 Å². The van der Waals surface area contributed by atoms with E-state index >= 15 is 0 Å². The van der Waals surface area contributed by atoms with Crippen LogP contribution in [0.1, 0.15) is 17.2 Å². The topological polar surface area (TPSA) is 153 Å². The maximum absolute atomic E-state index is 13.2. The first-order chi connectivity index (χ1) is 19.3. The summed E-state index contributed by atoms with van der Waals surface area (Å²) < 4.78 is 0. The van der Waals surface area contributed by atoms with Crippen LogP contribution >= 0.6 is 0 Å². The minimum atomic E-state index is -0.957. The normalized spacial score (nSPS) is 16.1. The van der Waals surface area contributed by atoms with Gasteiger partial charge in [-0.2, -0.15) is 0 Å². The Morgan fingerprint density at radius 3 is 1.27 bits per heavy atom. The highest BCUT2D eigenvalue weighted by Gasteiger charge is 2.45. The van der Waals surface area contributed by atoms with Gasteiger partial charge in [0.05, 0.1) is 11.1 Å². The van der Waals surface area contributed by atoms with Gasteiger partial charge in [0.25, 0.3) is 11.8 Å². The summed E-state index contributed by atoms with van der Waals surface area (Å²) in [4.78, 5) is 71.0. The van der Waals surface area contributed by atoms with E-state index in [1.54, 1.807) is 40.9 Å². The van der Waals surface area contributed by atoms with Crippen LogP contribution in [0, 0.1) is 0 Å². The molecule has 0 spiro atoms. The highest BCUT2D eigenvalue weighted by atomic mass is 16.2. The standard InChI is InChI=1S/C25H21N13O2/c1-34-13-7-15(28-9-26-13)35(2)22-19-21(38-17(39)5-6-18(38)40)20-23(36(3)16-8-14(34)27-10-29-16)31-12-33-25(20)37(4)24(19)32-11-30-22/h5-12,21H,1-4H3. The minimum Gasteiger partial charge on any atom is -0.314 e. The molecule has 0 N–H and O–H groups in total. The van der Waals surface area contributed by atoms with E-state index in [4.69, 9.17) is 0 Å². The molecule has 0 radical (unpaired) electrons. The fourth-order valence-electron chi connectivity index (χ4n) is 5.22. The summed E-state index contributed by atoms with van der Waals surface area (Å²) in [7, 11) is 7.27. The molecule has 3 aliphatic rings. The second-order valence-electron chi connectivity index (χ2n) is 9.36. The van der Waals surface area contributed by atoms with E-state index in [0.29, 0.717) is 57.7 Å². The molecule has 0 saturated carbocycles. The Hall–Kier alpha value is -5.60. The number of nitrogens with zero attached hydrogens (tertiary/aromatic N) is 13. The SMILES string of the molecule is CN1c2cc(ncn2)N(C)c2ncnc3c2C(N2C(=O)C=CC2=O)c2c(ncnc2N3C)N(C)c2cc1ncn2.